The summed E-state index contributed by atoms with van der Waals surface area (Å²) in [7, 11) is 0. The lowest BCUT2D eigenvalue weighted by atomic mass is 10.0. The highest BCUT2D eigenvalue weighted by Crippen LogP contribution is 2.25. The maximum Gasteiger partial charge on any atom is 0.105 e. The third-order valence-corrected chi connectivity index (χ3v) is 8.23. The summed E-state index contributed by atoms with van der Waals surface area (Å²) in [6, 6.07) is 33.4. The van der Waals surface area contributed by atoms with Crippen molar-refractivity contribution in [1.82, 2.24) is 0 Å². The molecule has 0 heterocycles. The van der Waals surface area contributed by atoms with E-state index < -0.39 is 0 Å². The average Bonchev–Trinajstić information content (AvgIpc) is 2.98. The van der Waals surface area contributed by atoms with Gasteiger partial charge in [-0.3, -0.25) is 0 Å². The summed E-state index contributed by atoms with van der Waals surface area (Å²) in [6.45, 7) is 6.70. The molecule has 3 aromatic rings. The summed E-state index contributed by atoms with van der Waals surface area (Å²) < 4.78 is 1.07. The van der Waals surface area contributed by atoms with Crippen molar-refractivity contribution in [3.8, 4) is 0 Å². The van der Waals surface area contributed by atoms with Gasteiger partial charge in [0, 0.05) is 16.7 Å². The maximum absolute atomic E-state index is 2.45. The summed E-state index contributed by atoms with van der Waals surface area (Å²) in [5, 5.41) is 0. The number of unbranched alkanes of at least 4 members (excludes halogenated alkanes) is 12. The number of allylic oxidation sites excluding steroid dienone is 2. The van der Waals surface area contributed by atoms with E-state index in [0.29, 0.717) is 0 Å². The van der Waals surface area contributed by atoms with Gasteiger partial charge in [0.05, 0.1) is 6.54 Å². The van der Waals surface area contributed by atoms with Crippen LogP contribution in [0.4, 0.5) is 0 Å². The Bertz CT molecular complexity index is 907. The molecule has 0 amide bonds. The van der Waals surface area contributed by atoms with E-state index >= 15 is 0 Å². The molecular formula is C39H56N+. The van der Waals surface area contributed by atoms with Crippen LogP contribution < -0.4 is 0 Å². The summed E-state index contributed by atoms with van der Waals surface area (Å²) in [5.74, 6) is 0. The SMILES string of the molecule is CCCCCCCCCCCC/C=C/CCCC[N+](Cc1ccccc1)(Cc1ccccc1)Cc1ccccc1. The van der Waals surface area contributed by atoms with E-state index in [1.807, 2.05) is 0 Å². The lowest BCUT2D eigenvalue weighted by Crippen LogP contribution is -2.46. The van der Waals surface area contributed by atoms with Gasteiger partial charge in [-0.25, -0.2) is 0 Å². The Kier molecular flexibility index (Phi) is 16.2. The molecule has 40 heavy (non-hydrogen) atoms. The largest absolute Gasteiger partial charge is 0.312 e. The van der Waals surface area contributed by atoms with Crippen molar-refractivity contribution in [3.63, 3.8) is 0 Å². The van der Waals surface area contributed by atoms with E-state index in [-0.39, 0.29) is 0 Å². The van der Waals surface area contributed by atoms with Crippen LogP contribution in [0, 0.1) is 0 Å². The first-order valence-corrected chi connectivity index (χ1v) is 16.4. The van der Waals surface area contributed by atoms with Crippen molar-refractivity contribution in [2.75, 3.05) is 6.54 Å². The number of hydrogen-bond acceptors (Lipinski definition) is 0. The minimum atomic E-state index is 1.07. The number of benzene rings is 3. The maximum atomic E-state index is 2.45. The highest BCUT2D eigenvalue weighted by atomic mass is 15.3. The number of quaternary nitrogens is 1. The number of nitrogens with zero attached hydrogens (tertiary/aromatic N) is 1. The highest BCUT2D eigenvalue weighted by Gasteiger charge is 2.28. The monoisotopic (exact) mass is 538 g/mol. The molecule has 0 unspecified atom stereocenters. The molecule has 0 saturated carbocycles. The minimum absolute atomic E-state index is 1.07. The van der Waals surface area contributed by atoms with Gasteiger partial charge >= 0.3 is 0 Å². The quantitative estimate of drug-likeness (QED) is 0.0678. The first-order valence-electron chi connectivity index (χ1n) is 16.4. The molecule has 0 fully saturated rings. The van der Waals surface area contributed by atoms with E-state index in [1.165, 1.54) is 113 Å². The molecular weight excluding hydrogens is 482 g/mol. The predicted molar refractivity (Wildman–Crippen MR) is 175 cm³/mol. The Labute approximate surface area is 246 Å². The first-order chi connectivity index (χ1) is 19.8. The molecule has 0 bridgehead atoms. The average molecular weight is 539 g/mol. The molecule has 0 atom stereocenters. The zero-order valence-corrected chi connectivity index (χ0v) is 25.5. The van der Waals surface area contributed by atoms with E-state index in [2.05, 4.69) is 110 Å². The third kappa shape index (κ3) is 13.6. The molecule has 1 nitrogen and oxygen atoms in total. The molecule has 0 aliphatic carbocycles. The Balaban J connectivity index is 1.46. The van der Waals surface area contributed by atoms with E-state index in [0.717, 1.165) is 24.1 Å². The molecule has 216 valence electrons. The smallest absolute Gasteiger partial charge is 0.105 e. The van der Waals surface area contributed by atoms with Crippen molar-refractivity contribution < 1.29 is 4.48 Å². The Morgan fingerprint density at radius 2 is 0.775 bits per heavy atom. The van der Waals surface area contributed by atoms with Crippen molar-refractivity contribution >= 4 is 0 Å². The van der Waals surface area contributed by atoms with Gasteiger partial charge in [0.2, 0.25) is 0 Å². The Hall–Kier alpha value is -2.64. The molecule has 0 saturated heterocycles. The van der Waals surface area contributed by atoms with Crippen molar-refractivity contribution in [1.29, 1.82) is 0 Å². The van der Waals surface area contributed by atoms with Crippen LogP contribution in [0.15, 0.2) is 103 Å². The second-order valence-corrected chi connectivity index (χ2v) is 11.9. The summed E-state index contributed by atoms with van der Waals surface area (Å²) in [4.78, 5) is 0. The van der Waals surface area contributed by atoms with Gasteiger partial charge in [-0.1, -0.05) is 168 Å². The van der Waals surface area contributed by atoms with E-state index in [1.54, 1.807) is 0 Å². The van der Waals surface area contributed by atoms with Crippen LogP contribution in [0.1, 0.15) is 114 Å². The molecule has 0 N–H and O–H groups in total. The van der Waals surface area contributed by atoms with Crippen molar-refractivity contribution in [2.24, 2.45) is 0 Å². The van der Waals surface area contributed by atoms with Crippen LogP contribution in [0.5, 0.6) is 0 Å². The van der Waals surface area contributed by atoms with Gasteiger partial charge in [-0.15, -0.1) is 0 Å². The van der Waals surface area contributed by atoms with Gasteiger partial charge in [0.1, 0.15) is 19.6 Å². The molecule has 0 spiro atoms. The number of hydrogen-bond donors (Lipinski definition) is 0. The van der Waals surface area contributed by atoms with Crippen LogP contribution in [-0.4, -0.2) is 11.0 Å². The molecule has 0 aliphatic rings. The lowest BCUT2D eigenvalue weighted by Gasteiger charge is -2.39. The molecule has 1 heteroatoms. The predicted octanol–water partition coefficient (Wildman–Crippen LogP) is 11.4. The van der Waals surface area contributed by atoms with Crippen LogP contribution in [0.25, 0.3) is 0 Å². The fourth-order valence-corrected chi connectivity index (χ4v) is 6.01. The summed E-state index contributed by atoms with van der Waals surface area (Å²) >= 11 is 0. The summed E-state index contributed by atoms with van der Waals surface area (Å²) in [5.41, 5.74) is 4.31. The molecule has 3 aromatic carbocycles. The van der Waals surface area contributed by atoms with Gasteiger partial charge in [-0.05, 0) is 32.1 Å². The second-order valence-electron chi connectivity index (χ2n) is 11.9. The first kappa shape index (κ1) is 31.9. The second kappa shape index (κ2) is 20.3. The van der Waals surface area contributed by atoms with Crippen LogP contribution in [-0.2, 0) is 19.6 Å². The minimum Gasteiger partial charge on any atom is -0.312 e. The van der Waals surface area contributed by atoms with Gasteiger partial charge in [0.15, 0.2) is 0 Å². The van der Waals surface area contributed by atoms with Gasteiger partial charge in [-0.2, -0.15) is 0 Å². The lowest BCUT2D eigenvalue weighted by molar-refractivity contribution is -0.966. The van der Waals surface area contributed by atoms with Crippen LogP contribution >= 0.6 is 0 Å². The Morgan fingerprint density at radius 3 is 1.18 bits per heavy atom. The normalized spacial score (nSPS) is 11.8. The van der Waals surface area contributed by atoms with Gasteiger partial charge in [0.25, 0.3) is 0 Å². The van der Waals surface area contributed by atoms with Crippen molar-refractivity contribution in [2.45, 2.75) is 116 Å². The summed E-state index contributed by atoms with van der Waals surface area (Å²) in [6.07, 6.45) is 24.1. The molecule has 0 radical (unpaired) electrons. The van der Waals surface area contributed by atoms with E-state index in [9.17, 15) is 0 Å². The standard InChI is InChI=1S/C39H56N/c1-2-3-4-5-6-7-8-9-10-11-12-13-14-15-16-26-33-40(34-37-27-20-17-21-28-37,35-38-29-22-18-23-30-38)36-39-31-24-19-25-32-39/h13-14,17-25,27-32H,2-12,15-16,26,33-36H2,1H3/q+1/b14-13+. The molecule has 0 aliphatic heterocycles. The zero-order valence-electron chi connectivity index (χ0n) is 25.5. The topological polar surface area (TPSA) is 0 Å². The van der Waals surface area contributed by atoms with Gasteiger partial charge < -0.3 is 4.48 Å². The van der Waals surface area contributed by atoms with Crippen LogP contribution in [0.3, 0.4) is 0 Å². The molecule has 0 aromatic heterocycles. The van der Waals surface area contributed by atoms with E-state index in [4.69, 9.17) is 0 Å². The number of rotatable bonds is 22. The third-order valence-electron chi connectivity index (χ3n) is 8.23. The fraction of sp³-hybridized carbons (Fsp3) is 0.487. The molecule has 3 rings (SSSR count). The van der Waals surface area contributed by atoms with Crippen molar-refractivity contribution in [3.05, 3.63) is 120 Å². The van der Waals surface area contributed by atoms with Crippen LogP contribution in [0.2, 0.25) is 0 Å². The Morgan fingerprint density at radius 1 is 0.425 bits per heavy atom. The highest BCUT2D eigenvalue weighted by molar-refractivity contribution is 5.17. The zero-order chi connectivity index (χ0) is 28.0. The fourth-order valence-electron chi connectivity index (χ4n) is 6.01.